The zero-order valence-electron chi connectivity index (χ0n) is 14.4. The van der Waals surface area contributed by atoms with Crippen molar-refractivity contribution in [3.8, 4) is 11.1 Å². The number of hydrogen-bond acceptors (Lipinski definition) is 4. The van der Waals surface area contributed by atoms with Crippen LogP contribution in [0.5, 0.6) is 0 Å². The van der Waals surface area contributed by atoms with Crippen molar-refractivity contribution >= 4 is 15.9 Å². The number of amides is 1. The number of rotatable bonds is 5. The van der Waals surface area contributed by atoms with E-state index in [1.165, 1.54) is 6.07 Å². The molecule has 0 aromatic heterocycles. The van der Waals surface area contributed by atoms with E-state index >= 15 is 0 Å². The molecule has 0 unspecified atom stereocenters. The van der Waals surface area contributed by atoms with E-state index in [9.17, 15) is 13.2 Å². The molecule has 1 heterocycles. The normalized spacial score (nSPS) is 17.7. The minimum absolute atomic E-state index is 0.0353. The molecule has 0 radical (unpaired) electrons. The van der Waals surface area contributed by atoms with E-state index < -0.39 is 10.0 Å². The number of nitrogens with two attached hydrogens (primary N) is 1. The molecule has 26 heavy (non-hydrogen) atoms. The number of carbonyl (C=O) groups excluding carboxylic acids is 1. The summed E-state index contributed by atoms with van der Waals surface area (Å²) in [7, 11) is -3.86. The molecule has 1 saturated heterocycles. The molecular formula is C19H22N2O4S. The van der Waals surface area contributed by atoms with Gasteiger partial charge in [-0.25, -0.2) is 13.6 Å². The number of sulfonamides is 1. The van der Waals surface area contributed by atoms with E-state index in [1.807, 2.05) is 0 Å². The minimum Gasteiger partial charge on any atom is -0.376 e. The van der Waals surface area contributed by atoms with Crippen LogP contribution in [0.3, 0.4) is 0 Å². The monoisotopic (exact) mass is 374 g/mol. The highest BCUT2D eigenvalue weighted by Gasteiger charge is 2.17. The van der Waals surface area contributed by atoms with Gasteiger partial charge in [-0.05, 0) is 43.0 Å². The van der Waals surface area contributed by atoms with Crippen molar-refractivity contribution in [3.05, 3.63) is 54.1 Å². The Morgan fingerprint density at radius 2 is 1.96 bits per heavy atom. The van der Waals surface area contributed by atoms with Crippen molar-refractivity contribution in [2.45, 2.75) is 30.3 Å². The van der Waals surface area contributed by atoms with Crippen LogP contribution >= 0.6 is 0 Å². The maximum absolute atomic E-state index is 12.4. The Labute approximate surface area is 153 Å². The van der Waals surface area contributed by atoms with E-state index in [-0.39, 0.29) is 16.9 Å². The maximum atomic E-state index is 12.4. The first-order valence-electron chi connectivity index (χ1n) is 8.57. The molecule has 3 rings (SSSR count). The van der Waals surface area contributed by atoms with Gasteiger partial charge in [-0.1, -0.05) is 30.3 Å². The van der Waals surface area contributed by atoms with Gasteiger partial charge in [-0.15, -0.1) is 0 Å². The summed E-state index contributed by atoms with van der Waals surface area (Å²) in [4.78, 5) is 12.5. The summed E-state index contributed by atoms with van der Waals surface area (Å²) in [5, 5.41) is 8.19. The molecule has 0 saturated carbocycles. The lowest BCUT2D eigenvalue weighted by Gasteiger charge is -2.22. The van der Waals surface area contributed by atoms with Crippen LogP contribution in [0.1, 0.15) is 29.6 Å². The molecule has 0 aliphatic carbocycles. The van der Waals surface area contributed by atoms with Crippen LogP contribution in [-0.2, 0) is 14.8 Å². The lowest BCUT2D eigenvalue weighted by Crippen LogP contribution is -2.35. The topological polar surface area (TPSA) is 98.5 Å². The van der Waals surface area contributed by atoms with E-state index in [1.54, 1.807) is 42.5 Å². The number of nitrogens with one attached hydrogen (secondary N) is 1. The molecule has 2 aromatic carbocycles. The fourth-order valence-corrected chi connectivity index (χ4v) is 3.82. The number of ether oxygens (including phenoxy) is 1. The van der Waals surface area contributed by atoms with Crippen LogP contribution in [0.25, 0.3) is 11.1 Å². The Morgan fingerprint density at radius 3 is 2.69 bits per heavy atom. The van der Waals surface area contributed by atoms with Gasteiger partial charge in [0, 0.05) is 24.3 Å². The first kappa shape index (κ1) is 18.6. The van der Waals surface area contributed by atoms with Gasteiger partial charge < -0.3 is 10.1 Å². The van der Waals surface area contributed by atoms with Crippen LogP contribution < -0.4 is 10.5 Å². The third-order valence-electron chi connectivity index (χ3n) is 4.39. The molecule has 6 nitrogen and oxygen atoms in total. The summed E-state index contributed by atoms with van der Waals surface area (Å²) >= 11 is 0. The van der Waals surface area contributed by atoms with Crippen LogP contribution in [0.15, 0.2) is 53.4 Å². The van der Waals surface area contributed by atoms with E-state index in [0.29, 0.717) is 23.2 Å². The molecule has 1 atom stereocenters. The number of benzene rings is 2. The van der Waals surface area contributed by atoms with Crippen molar-refractivity contribution < 1.29 is 17.9 Å². The molecule has 7 heteroatoms. The van der Waals surface area contributed by atoms with Crippen molar-refractivity contribution in [3.63, 3.8) is 0 Å². The Bertz CT molecular complexity index is 890. The number of primary sulfonamides is 1. The molecule has 2 aromatic rings. The van der Waals surface area contributed by atoms with Crippen LogP contribution in [0, 0.1) is 0 Å². The van der Waals surface area contributed by atoms with Gasteiger partial charge in [-0.2, -0.15) is 0 Å². The lowest BCUT2D eigenvalue weighted by atomic mass is 10.0. The molecule has 0 spiro atoms. The van der Waals surface area contributed by atoms with Gasteiger partial charge in [0.1, 0.15) is 0 Å². The standard InChI is InChI=1S/C19H22N2O4S/c20-26(23,24)18-10-2-1-9-17(18)14-6-5-7-15(12-14)19(22)21-13-16-8-3-4-11-25-16/h1-2,5-7,9-10,12,16H,3-4,8,11,13H2,(H,21,22)(H2,20,23,24)/t16-/m0/s1. The zero-order chi connectivity index (χ0) is 18.6. The lowest BCUT2D eigenvalue weighted by molar-refractivity contribution is 0.0169. The zero-order valence-corrected chi connectivity index (χ0v) is 15.2. The second kappa shape index (κ2) is 7.99. The second-order valence-electron chi connectivity index (χ2n) is 6.32. The predicted molar refractivity (Wildman–Crippen MR) is 99.2 cm³/mol. The smallest absolute Gasteiger partial charge is 0.251 e. The molecule has 138 valence electrons. The number of hydrogen-bond donors (Lipinski definition) is 2. The molecule has 0 bridgehead atoms. The molecule has 1 aliphatic rings. The van der Waals surface area contributed by atoms with Crippen molar-refractivity contribution in [1.82, 2.24) is 5.32 Å². The molecule has 3 N–H and O–H groups in total. The van der Waals surface area contributed by atoms with Crippen LogP contribution in [0.4, 0.5) is 0 Å². The molecule has 1 aliphatic heterocycles. The van der Waals surface area contributed by atoms with Crippen molar-refractivity contribution in [2.24, 2.45) is 5.14 Å². The summed E-state index contributed by atoms with van der Waals surface area (Å²) in [5.41, 5.74) is 1.55. The van der Waals surface area contributed by atoms with Crippen molar-refractivity contribution in [2.75, 3.05) is 13.2 Å². The summed E-state index contributed by atoms with van der Waals surface area (Å²) in [5.74, 6) is -0.214. The predicted octanol–water partition coefficient (Wildman–Crippen LogP) is 2.30. The first-order valence-corrected chi connectivity index (χ1v) is 10.1. The summed E-state index contributed by atoms with van der Waals surface area (Å²) in [6.07, 6.45) is 3.18. The summed E-state index contributed by atoms with van der Waals surface area (Å²) < 4.78 is 29.2. The van der Waals surface area contributed by atoms with Gasteiger partial charge in [0.2, 0.25) is 10.0 Å². The Morgan fingerprint density at radius 1 is 1.15 bits per heavy atom. The van der Waals surface area contributed by atoms with E-state index in [2.05, 4.69) is 5.32 Å². The summed E-state index contributed by atoms with van der Waals surface area (Å²) in [6, 6.07) is 13.3. The fraction of sp³-hybridized carbons (Fsp3) is 0.316. The van der Waals surface area contributed by atoms with E-state index in [0.717, 1.165) is 25.9 Å². The average Bonchev–Trinajstić information content (AvgIpc) is 2.66. The Kier molecular flexibility index (Phi) is 5.70. The quantitative estimate of drug-likeness (QED) is 0.839. The molecular weight excluding hydrogens is 352 g/mol. The highest BCUT2D eigenvalue weighted by atomic mass is 32.2. The Hall–Kier alpha value is -2.22. The van der Waals surface area contributed by atoms with Gasteiger partial charge in [-0.3, -0.25) is 4.79 Å². The molecule has 1 amide bonds. The van der Waals surface area contributed by atoms with Gasteiger partial charge >= 0.3 is 0 Å². The molecule has 1 fully saturated rings. The SMILES string of the molecule is NS(=O)(=O)c1ccccc1-c1cccc(C(=O)NC[C@@H]2CCCCO2)c1. The third-order valence-corrected chi connectivity index (χ3v) is 5.36. The van der Waals surface area contributed by atoms with Crippen LogP contribution in [0.2, 0.25) is 0 Å². The largest absolute Gasteiger partial charge is 0.376 e. The summed E-state index contributed by atoms with van der Waals surface area (Å²) in [6.45, 7) is 1.21. The van der Waals surface area contributed by atoms with Gasteiger partial charge in [0.25, 0.3) is 5.91 Å². The number of carbonyl (C=O) groups is 1. The fourth-order valence-electron chi connectivity index (χ4n) is 3.06. The first-order chi connectivity index (χ1) is 12.4. The maximum Gasteiger partial charge on any atom is 0.251 e. The highest BCUT2D eigenvalue weighted by Crippen LogP contribution is 2.27. The van der Waals surface area contributed by atoms with Gasteiger partial charge in [0.05, 0.1) is 11.0 Å². The minimum atomic E-state index is -3.86. The third kappa shape index (κ3) is 4.49. The second-order valence-corrected chi connectivity index (χ2v) is 7.85. The average molecular weight is 374 g/mol. The van der Waals surface area contributed by atoms with Gasteiger partial charge in [0.15, 0.2) is 0 Å². The Balaban J connectivity index is 1.79. The van der Waals surface area contributed by atoms with E-state index in [4.69, 9.17) is 9.88 Å². The van der Waals surface area contributed by atoms with Crippen LogP contribution in [-0.4, -0.2) is 33.6 Å². The van der Waals surface area contributed by atoms with Crippen molar-refractivity contribution in [1.29, 1.82) is 0 Å². The highest BCUT2D eigenvalue weighted by molar-refractivity contribution is 7.89.